The van der Waals surface area contributed by atoms with E-state index in [2.05, 4.69) is 16.9 Å². The van der Waals surface area contributed by atoms with Crippen LogP contribution in [0.25, 0.3) is 34.7 Å². The summed E-state index contributed by atoms with van der Waals surface area (Å²) in [6.07, 6.45) is 7.94. The zero-order valence-corrected chi connectivity index (χ0v) is 20.3. The van der Waals surface area contributed by atoms with E-state index in [1.165, 1.54) is 12.1 Å². The van der Waals surface area contributed by atoms with Crippen LogP contribution in [0.1, 0.15) is 35.6 Å². The first-order chi connectivity index (χ1) is 17.9. The summed E-state index contributed by atoms with van der Waals surface area (Å²) in [7, 11) is 0. The molecule has 4 rings (SSSR count). The lowest BCUT2D eigenvalue weighted by Gasteiger charge is -2.06. The molecule has 4 aromatic rings. The molecule has 0 aliphatic heterocycles. The average Bonchev–Trinajstić information content (AvgIpc) is 2.90. The number of allylic oxidation sites excluding steroid dienone is 2. The molecule has 1 aromatic heterocycles. The Balaban J connectivity index is 1.42. The number of aryl methyl sites for hydroxylation is 1. The van der Waals surface area contributed by atoms with Crippen LogP contribution in [0, 0.1) is 11.6 Å². The van der Waals surface area contributed by atoms with Gasteiger partial charge in [0.1, 0.15) is 11.6 Å². The van der Waals surface area contributed by atoms with Crippen molar-refractivity contribution in [1.29, 1.82) is 0 Å². The van der Waals surface area contributed by atoms with Gasteiger partial charge in [0.15, 0.2) is 5.82 Å². The Morgan fingerprint density at radius 2 is 1.30 bits per heavy atom. The Morgan fingerprint density at radius 3 is 1.86 bits per heavy atom. The molecule has 3 aromatic carbocycles. The Morgan fingerprint density at radius 1 is 0.757 bits per heavy atom. The van der Waals surface area contributed by atoms with Crippen LogP contribution >= 0.6 is 0 Å². The van der Waals surface area contributed by atoms with Gasteiger partial charge in [0.2, 0.25) is 0 Å². The highest BCUT2D eigenvalue weighted by Crippen LogP contribution is 2.24. The molecule has 6 heteroatoms. The van der Waals surface area contributed by atoms with Crippen LogP contribution in [0.4, 0.5) is 17.6 Å². The summed E-state index contributed by atoms with van der Waals surface area (Å²) >= 11 is 0. The number of hydrogen-bond donors (Lipinski definition) is 0. The van der Waals surface area contributed by atoms with Crippen LogP contribution in [-0.2, 0) is 12.8 Å². The van der Waals surface area contributed by atoms with E-state index in [1.807, 2.05) is 60.9 Å². The molecule has 1 heterocycles. The fourth-order valence-electron chi connectivity index (χ4n) is 3.92. The van der Waals surface area contributed by atoms with Crippen molar-refractivity contribution in [3.05, 3.63) is 119 Å². The molecule has 0 aliphatic carbocycles. The molecule has 0 N–H and O–H groups in total. The number of rotatable bonds is 9. The van der Waals surface area contributed by atoms with Crippen molar-refractivity contribution in [3.8, 4) is 22.5 Å². The molecular weight excluding hydrogens is 476 g/mol. The minimum atomic E-state index is -2.65. The molecule has 0 spiro atoms. The average molecular weight is 503 g/mol. The summed E-state index contributed by atoms with van der Waals surface area (Å²) in [6, 6.07) is 18.2. The molecule has 0 bridgehead atoms. The summed E-state index contributed by atoms with van der Waals surface area (Å²) in [4.78, 5) is 8.93. The third-order valence-corrected chi connectivity index (χ3v) is 5.87. The highest BCUT2D eigenvalue weighted by Gasteiger charge is 2.09. The Bertz CT molecular complexity index is 1350. The molecule has 0 fully saturated rings. The molecule has 0 atom stereocenters. The molecule has 188 valence electrons. The normalized spacial score (nSPS) is 11.7. The Hall–Kier alpha value is -4.06. The number of alkyl halides is 2. The lowest BCUT2D eigenvalue weighted by atomic mass is 10.0. The van der Waals surface area contributed by atoms with Gasteiger partial charge in [0.05, 0.1) is 0 Å². The molecular formula is C31H26F4N2. The smallest absolute Gasteiger partial charge is 0.236 e. The van der Waals surface area contributed by atoms with Crippen molar-refractivity contribution in [2.45, 2.75) is 32.6 Å². The molecule has 0 saturated carbocycles. The summed E-state index contributed by atoms with van der Waals surface area (Å²) in [6.45, 7) is 2.12. The van der Waals surface area contributed by atoms with Crippen LogP contribution in [0.15, 0.2) is 85.2 Å². The maximum absolute atomic E-state index is 14.3. The third kappa shape index (κ3) is 7.00. The summed E-state index contributed by atoms with van der Waals surface area (Å²) in [5.74, 6) is -0.836. The van der Waals surface area contributed by atoms with E-state index in [1.54, 1.807) is 12.2 Å². The second-order valence-electron chi connectivity index (χ2n) is 8.63. The first-order valence-corrected chi connectivity index (χ1v) is 12.1. The van der Waals surface area contributed by atoms with Crippen molar-refractivity contribution in [3.63, 3.8) is 0 Å². The summed E-state index contributed by atoms with van der Waals surface area (Å²) in [5.41, 5.74) is 5.13. The maximum atomic E-state index is 14.3. The van der Waals surface area contributed by atoms with Crippen molar-refractivity contribution in [2.24, 2.45) is 0 Å². The summed E-state index contributed by atoms with van der Waals surface area (Å²) in [5, 5.41) is 0. The number of halogens is 4. The monoisotopic (exact) mass is 502 g/mol. The van der Waals surface area contributed by atoms with E-state index >= 15 is 0 Å². The molecule has 0 amide bonds. The number of nitrogens with zero attached hydrogens (tertiary/aromatic N) is 2. The first-order valence-electron chi connectivity index (χ1n) is 12.1. The molecule has 0 saturated heterocycles. The van der Waals surface area contributed by atoms with Crippen molar-refractivity contribution < 1.29 is 17.6 Å². The Labute approximate surface area is 214 Å². The lowest BCUT2D eigenvalue weighted by Crippen LogP contribution is -1.96. The zero-order chi connectivity index (χ0) is 26.2. The zero-order valence-electron chi connectivity index (χ0n) is 20.3. The summed E-state index contributed by atoms with van der Waals surface area (Å²) < 4.78 is 53.0. The van der Waals surface area contributed by atoms with Gasteiger partial charge in [-0.2, -0.15) is 0 Å². The first kappa shape index (κ1) is 26.0. The van der Waals surface area contributed by atoms with Crippen molar-refractivity contribution in [1.82, 2.24) is 9.97 Å². The fraction of sp³-hybridized carbons (Fsp3) is 0.161. The van der Waals surface area contributed by atoms with E-state index in [9.17, 15) is 17.6 Å². The van der Waals surface area contributed by atoms with Gasteiger partial charge >= 0.3 is 0 Å². The van der Waals surface area contributed by atoms with Crippen molar-refractivity contribution >= 4 is 12.2 Å². The van der Waals surface area contributed by atoms with Gasteiger partial charge in [-0.05, 0) is 58.9 Å². The highest BCUT2D eigenvalue weighted by atomic mass is 19.3. The molecule has 0 radical (unpaired) electrons. The highest BCUT2D eigenvalue weighted by molar-refractivity contribution is 5.73. The van der Waals surface area contributed by atoms with E-state index in [0.29, 0.717) is 17.5 Å². The largest absolute Gasteiger partial charge is 0.257 e. The van der Waals surface area contributed by atoms with Crippen LogP contribution in [0.2, 0.25) is 0 Å². The molecule has 2 nitrogen and oxygen atoms in total. The van der Waals surface area contributed by atoms with Gasteiger partial charge in [-0.25, -0.2) is 27.5 Å². The maximum Gasteiger partial charge on any atom is 0.257 e. The molecule has 0 aliphatic rings. The minimum Gasteiger partial charge on any atom is -0.236 e. The number of benzene rings is 3. The molecule has 37 heavy (non-hydrogen) atoms. The Kier molecular flexibility index (Phi) is 8.62. The van der Waals surface area contributed by atoms with Crippen LogP contribution in [0.5, 0.6) is 0 Å². The van der Waals surface area contributed by atoms with Gasteiger partial charge < -0.3 is 0 Å². The van der Waals surface area contributed by atoms with E-state index in [0.717, 1.165) is 46.7 Å². The van der Waals surface area contributed by atoms with E-state index in [4.69, 9.17) is 0 Å². The third-order valence-electron chi connectivity index (χ3n) is 5.87. The quantitative estimate of drug-likeness (QED) is 0.130. The minimum absolute atomic E-state index is 0.229. The van der Waals surface area contributed by atoms with E-state index in [-0.39, 0.29) is 12.0 Å². The fourth-order valence-corrected chi connectivity index (χ4v) is 3.92. The number of hydrogen-bond acceptors (Lipinski definition) is 2. The van der Waals surface area contributed by atoms with Crippen LogP contribution in [0.3, 0.4) is 0 Å². The predicted octanol–water partition coefficient (Wildman–Crippen LogP) is 8.58. The van der Waals surface area contributed by atoms with Gasteiger partial charge in [-0.3, -0.25) is 0 Å². The van der Waals surface area contributed by atoms with Gasteiger partial charge in [-0.1, -0.05) is 80.1 Å². The topological polar surface area (TPSA) is 25.8 Å². The molecule has 0 unspecified atom stereocenters. The van der Waals surface area contributed by atoms with E-state index < -0.39 is 18.1 Å². The second-order valence-corrected chi connectivity index (χ2v) is 8.63. The second kappa shape index (κ2) is 12.3. The van der Waals surface area contributed by atoms with Gasteiger partial charge in [0.25, 0.3) is 6.43 Å². The number of aromatic nitrogens is 2. The lowest BCUT2D eigenvalue weighted by molar-refractivity contribution is 0.204. The van der Waals surface area contributed by atoms with Crippen molar-refractivity contribution in [2.75, 3.05) is 0 Å². The van der Waals surface area contributed by atoms with Crippen LogP contribution in [-0.4, -0.2) is 16.4 Å². The SMILES string of the molecule is CCCc1cnc(-c2ccc(-c3ccc(C=Cc4cc(F)c(CC=CC(F)F)c(F)c4)cc3)cc2)nc1. The van der Waals surface area contributed by atoms with Gasteiger partial charge in [-0.15, -0.1) is 0 Å². The van der Waals surface area contributed by atoms with Crippen LogP contribution < -0.4 is 0 Å². The van der Waals surface area contributed by atoms with Gasteiger partial charge in [0, 0.05) is 23.5 Å². The standard InChI is InChI=1S/C31H26F4N2/c1-2-4-23-19-36-31(37-20-23)26-15-13-25(14-16-26)24-11-9-21(10-12-24)7-8-22-17-28(32)27(29(33)18-22)5-3-6-30(34)35/h3,6-20,30H,2,4-5H2,1H3. The predicted molar refractivity (Wildman–Crippen MR) is 141 cm³/mol.